The molecule has 0 unspecified atom stereocenters. The van der Waals surface area contributed by atoms with E-state index in [9.17, 15) is 4.79 Å². The first kappa shape index (κ1) is 12.1. The predicted molar refractivity (Wildman–Crippen MR) is 64.1 cm³/mol. The van der Waals surface area contributed by atoms with Crippen molar-refractivity contribution in [1.29, 1.82) is 0 Å². The minimum atomic E-state index is -1.02. The van der Waals surface area contributed by atoms with E-state index >= 15 is 0 Å². The van der Waals surface area contributed by atoms with Crippen molar-refractivity contribution in [3.8, 4) is 11.5 Å². The van der Waals surface area contributed by atoms with Gasteiger partial charge in [0.2, 0.25) is 0 Å². The highest BCUT2D eigenvalue weighted by atomic mass is 16.4. The maximum Gasteiger partial charge on any atom is 0.339 e. The number of hydrogen-bond acceptors (Lipinski definition) is 5. The molecule has 6 heteroatoms. The van der Waals surface area contributed by atoms with Crippen molar-refractivity contribution in [3.63, 3.8) is 0 Å². The minimum absolute atomic E-state index is 0.000290. The minimum Gasteiger partial charge on any atom is -0.478 e. The summed E-state index contributed by atoms with van der Waals surface area (Å²) < 4.78 is 0. The van der Waals surface area contributed by atoms with E-state index in [1.165, 1.54) is 12.5 Å². The standard InChI is InChI=1S/C12H12N4O2/c1-7(2)10-8(12(17)18)5-14-11(16-10)9-3-4-13-6-15-9/h3-7H,1-2H3,(H,17,18). The first-order valence-corrected chi connectivity index (χ1v) is 5.46. The number of carboxylic acid groups (broad SMARTS) is 1. The van der Waals surface area contributed by atoms with Crippen molar-refractivity contribution < 1.29 is 9.90 Å². The Kier molecular flexibility index (Phi) is 3.27. The molecule has 6 nitrogen and oxygen atoms in total. The van der Waals surface area contributed by atoms with Crippen molar-refractivity contribution in [2.75, 3.05) is 0 Å². The van der Waals surface area contributed by atoms with Crippen LogP contribution in [0.15, 0.2) is 24.8 Å². The summed E-state index contributed by atoms with van der Waals surface area (Å²) in [5.41, 5.74) is 1.21. The Morgan fingerprint density at radius 3 is 2.67 bits per heavy atom. The first-order valence-electron chi connectivity index (χ1n) is 5.46. The summed E-state index contributed by atoms with van der Waals surface area (Å²) in [6.07, 6.45) is 4.31. The largest absolute Gasteiger partial charge is 0.478 e. The van der Waals surface area contributed by atoms with Gasteiger partial charge in [0.15, 0.2) is 5.82 Å². The lowest BCUT2D eigenvalue weighted by Gasteiger charge is -2.09. The van der Waals surface area contributed by atoms with Crippen molar-refractivity contribution in [3.05, 3.63) is 36.0 Å². The van der Waals surface area contributed by atoms with Gasteiger partial charge in [-0.2, -0.15) is 0 Å². The van der Waals surface area contributed by atoms with Crippen LogP contribution >= 0.6 is 0 Å². The number of carboxylic acids is 1. The third-order valence-corrected chi connectivity index (χ3v) is 2.41. The summed E-state index contributed by atoms with van der Waals surface area (Å²) in [4.78, 5) is 27.2. The van der Waals surface area contributed by atoms with Gasteiger partial charge in [0.25, 0.3) is 0 Å². The van der Waals surface area contributed by atoms with Gasteiger partial charge in [-0.15, -0.1) is 0 Å². The van der Waals surface area contributed by atoms with Crippen LogP contribution in [-0.2, 0) is 0 Å². The number of carbonyl (C=O) groups is 1. The van der Waals surface area contributed by atoms with Crippen LogP contribution in [-0.4, -0.2) is 31.0 Å². The summed E-state index contributed by atoms with van der Waals surface area (Å²) in [6, 6.07) is 1.68. The molecule has 0 spiro atoms. The second kappa shape index (κ2) is 4.87. The second-order valence-electron chi connectivity index (χ2n) is 4.05. The SMILES string of the molecule is CC(C)c1nc(-c2ccncn2)ncc1C(=O)O. The first-order chi connectivity index (χ1) is 8.59. The molecule has 0 aliphatic rings. The number of hydrogen-bond donors (Lipinski definition) is 1. The lowest BCUT2D eigenvalue weighted by molar-refractivity contribution is 0.0694. The Labute approximate surface area is 104 Å². The molecular formula is C12H12N4O2. The smallest absolute Gasteiger partial charge is 0.339 e. The van der Waals surface area contributed by atoms with E-state index in [-0.39, 0.29) is 11.5 Å². The second-order valence-corrected chi connectivity index (χ2v) is 4.05. The van der Waals surface area contributed by atoms with Gasteiger partial charge in [0, 0.05) is 12.4 Å². The third-order valence-electron chi connectivity index (χ3n) is 2.41. The molecule has 2 aromatic heterocycles. The quantitative estimate of drug-likeness (QED) is 0.884. The zero-order chi connectivity index (χ0) is 13.1. The fourth-order valence-electron chi connectivity index (χ4n) is 1.55. The molecule has 92 valence electrons. The fraction of sp³-hybridized carbons (Fsp3) is 0.250. The van der Waals surface area contributed by atoms with Crippen molar-refractivity contribution >= 4 is 5.97 Å². The molecule has 0 fully saturated rings. The molecule has 0 atom stereocenters. The average molecular weight is 244 g/mol. The lowest BCUT2D eigenvalue weighted by Crippen LogP contribution is -2.09. The van der Waals surface area contributed by atoms with Crippen LogP contribution in [0.25, 0.3) is 11.5 Å². The van der Waals surface area contributed by atoms with Crippen LogP contribution in [0.3, 0.4) is 0 Å². The van der Waals surface area contributed by atoms with E-state index < -0.39 is 5.97 Å². The zero-order valence-corrected chi connectivity index (χ0v) is 10.0. The number of nitrogens with zero attached hydrogens (tertiary/aromatic N) is 4. The van der Waals surface area contributed by atoms with Crippen molar-refractivity contribution in [2.24, 2.45) is 0 Å². The molecule has 0 amide bonds. The molecule has 0 saturated heterocycles. The fourth-order valence-corrected chi connectivity index (χ4v) is 1.55. The normalized spacial score (nSPS) is 10.6. The molecule has 1 N–H and O–H groups in total. The molecule has 0 aliphatic carbocycles. The molecule has 0 bridgehead atoms. The van der Waals surface area contributed by atoms with Gasteiger partial charge in [-0.05, 0) is 12.0 Å². The molecular weight excluding hydrogens is 232 g/mol. The van der Waals surface area contributed by atoms with Gasteiger partial charge in [-0.3, -0.25) is 0 Å². The Morgan fingerprint density at radius 2 is 2.11 bits per heavy atom. The van der Waals surface area contributed by atoms with Crippen LogP contribution in [0.2, 0.25) is 0 Å². The number of rotatable bonds is 3. The van der Waals surface area contributed by atoms with Crippen molar-refractivity contribution in [1.82, 2.24) is 19.9 Å². The van der Waals surface area contributed by atoms with Crippen LogP contribution in [0.1, 0.15) is 35.8 Å². The van der Waals surface area contributed by atoms with E-state index in [0.29, 0.717) is 17.2 Å². The topological polar surface area (TPSA) is 88.9 Å². The Hall–Kier alpha value is -2.37. The molecule has 0 saturated carbocycles. The Balaban J connectivity index is 2.54. The van der Waals surface area contributed by atoms with Gasteiger partial charge in [-0.1, -0.05) is 13.8 Å². The van der Waals surface area contributed by atoms with Gasteiger partial charge >= 0.3 is 5.97 Å². The molecule has 0 aliphatic heterocycles. The van der Waals surface area contributed by atoms with Crippen LogP contribution < -0.4 is 0 Å². The highest BCUT2D eigenvalue weighted by Crippen LogP contribution is 2.20. The summed E-state index contributed by atoms with van der Waals surface area (Å²) in [7, 11) is 0. The summed E-state index contributed by atoms with van der Waals surface area (Å²) in [6.45, 7) is 3.77. The Morgan fingerprint density at radius 1 is 1.33 bits per heavy atom. The zero-order valence-electron chi connectivity index (χ0n) is 10.0. The highest BCUT2D eigenvalue weighted by molar-refractivity contribution is 5.88. The molecule has 2 aromatic rings. The maximum absolute atomic E-state index is 11.1. The number of aromatic nitrogens is 4. The number of aromatic carboxylic acids is 1. The van der Waals surface area contributed by atoms with Crippen LogP contribution in [0.4, 0.5) is 0 Å². The molecule has 2 rings (SSSR count). The summed E-state index contributed by atoms with van der Waals surface area (Å²) in [5, 5.41) is 9.07. The van der Waals surface area contributed by atoms with E-state index in [1.807, 2.05) is 13.8 Å². The molecule has 18 heavy (non-hydrogen) atoms. The van der Waals surface area contributed by atoms with Gasteiger partial charge in [0.05, 0.1) is 11.3 Å². The van der Waals surface area contributed by atoms with Gasteiger partial charge in [0.1, 0.15) is 12.0 Å². The maximum atomic E-state index is 11.1. The van der Waals surface area contributed by atoms with E-state index in [2.05, 4.69) is 19.9 Å². The highest BCUT2D eigenvalue weighted by Gasteiger charge is 2.17. The summed E-state index contributed by atoms with van der Waals surface area (Å²) in [5.74, 6) is -0.612. The molecule has 0 radical (unpaired) electrons. The van der Waals surface area contributed by atoms with Crippen molar-refractivity contribution in [2.45, 2.75) is 19.8 Å². The monoisotopic (exact) mass is 244 g/mol. The van der Waals surface area contributed by atoms with Gasteiger partial charge in [-0.25, -0.2) is 24.7 Å². The van der Waals surface area contributed by atoms with E-state index in [1.54, 1.807) is 12.3 Å². The third kappa shape index (κ3) is 2.32. The Bertz CT molecular complexity index is 570. The van der Waals surface area contributed by atoms with E-state index in [4.69, 9.17) is 5.11 Å². The lowest BCUT2D eigenvalue weighted by atomic mass is 10.1. The average Bonchev–Trinajstić information content (AvgIpc) is 2.39. The summed E-state index contributed by atoms with van der Waals surface area (Å²) >= 11 is 0. The predicted octanol–water partition coefficient (Wildman–Crippen LogP) is 1.76. The van der Waals surface area contributed by atoms with Crippen LogP contribution in [0.5, 0.6) is 0 Å². The van der Waals surface area contributed by atoms with Crippen LogP contribution in [0, 0.1) is 0 Å². The molecule has 2 heterocycles. The van der Waals surface area contributed by atoms with Gasteiger partial charge < -0.3 is 5.11 Å². The molecule has 0 aromatic carbocycles. The van der Waals surface area contributed by atoms with E-state index in [0.717, 1.165) is 0 Å².